The monoisotopic (exact) mass is 278 g/mol. The van der Waals surface area contributed by atoms with Crippen LogP contribution in [0.25, 0.3) is 0 Å². The SMILES string of the molecule is O=N[C@@H]1[C@H]2CC[C@H](C2)[C@@H]1N=O.[CH]1C=CC=C1.[Co]. The first-order valence-electron chi connectivity index (χ1n) is 5.68. The number of nitroso groups, excluding NO2 is 2. The van der Waals surface area contributed by atoms with Crippen LogP contribution in [0.4, 0.5) is 0 Å². The van der Waals surface area contributed by atoms with E-state index in [0.717, 1.165) is 19.3 Å². The molecular weight excluding hydrogens is 263 g/mol. The van der Waals surface area contributed by atoms with Crippen molar-refractivity contribution >= 4 is 0 Å². The average molecular weight is 278 g/mol. The van der Waals surface area contributed by atoms with Crippen LogP contribution in [0.1, 0.15) is 19.3 Å². The van der Waals surface area contributed by atoms with Crippen molar-refractivity contribution in [3.8, 4) is 0 Å². The summed E-state index contributed by atoms with van der Waals surface area (Å²) in [4.78, 5) is 20.6. The van der Waals surface area contributed by atoms with Crippen molar-refractivity contribution in [2.45, 2.75) is 31.3 Å². The molecule has 0 amide bonds. The van der Waals surface area contributed by atoms with Crippen LogP contribution in [0, 0.1) is 28.1 Å². The number of fused-ring (bicyclic) bond motifs is 2. The molecule has 3 rings (SSSR count). The van der Waals surface area contributed by atoms with E-state index in [1.807, 2.05) is 30.7 Å². The first kappa shape index (κ1) is 14.2. The molecule has 2 fully saturated rings. The summed E-state index contributed by atoms with van der Waals surface area (Å²) in [7, 11) is 0. The molecule has 4 atom stereocenters. The minimum atomic E-state index is -0.300. The second-order valence-corrected chi connectivity index (χ2v) is 4.49. The quantitative estimate of drug-likeness (QED) is 0.729. The second-order valence-electron chi connectivity index (χ2n) is 4.49. The normalized spacial score (nSPS) is 36.0. The molecule has 2 saturated carbocycles. The first-order chi connectivity index (χ1) is 7.86. The van der Waals surface area contributed by atoms with E-state index in [9.17, 15) is 9.81 Å². The Morgan fingerprint density at radius 2 is 1.29 bits per heavy atom. The van der Waals surface area contributed by atoms with Crippen molar-refractivity contribution in [3.05, 3.63) is 40.5 Å². The smallest absolute Gasteiger partial charge is 0.121 e. The topological polar surface area (TPSA) is 58.9 Å². The van der Waals surface area contributed by atoms with Crippen molar-refractivity contribution in [2.24, 2.45) is 22.2 Å². The van der Waals surface area contributed by atoms with Gasteiger partial charge in [-0.05, 0) is 31.1 Å². The predicted molar refractivity (Wildman–Crippen MR) is 62.6 cm³/mol. The van der Waals surface area contributed by atoms with Crippen LogP contribution in [0.2, 0.25) is 0 Å². The summed E-state index contributed by atoms with van der Waals surface area (Å²) >= 11 is 0. The maximum Gasteiger partial charge on any atom is 0.121 e. The first-order valence-corrected chi connectivity index (χ1v) is 5.68. The van der Waals surface area contributed by atoms with Crippen molar-refractivity contribution in [2.75, 3.05) is 0 Å². The van der Waals surface area contributed by atoms with Gasteiger partial charge >= 0.3 is 0 Å². The zero-order valence-electron chi connectivity index (χ0n) is 9.36. The zero-order chi connectivity index (χ0) is 11.4. The Morgan fingerprint density at radius 3 is 1.59 bits per heavy atom. The third-order valence-electron chi connectivity index (χ3n) is 3.63. The fraction of sp³-hybridized carbons (Fsp3) is 0.583. The molecule has 0 aromatic rings. The minimum Gasteiger partial charge on any atom is -0.150 e. The van der Waals surface area contributed by atoms with Gasteiger partial charge in [-0.1, -0.05) is 34.7 Å². The van der Waals surface area contributed by atoms with E-state index in [1.165, 1.54) is 0 Å². The number of rotatable bonds is 2. The van der Waals surface area contributed by atoms with Crippen molar-refractivity contribution in [1.29, 1.82) is 0 Å². The van der Waals surface area contributed by atoms with Crippen LogP contribution in [0.15, 0.2) is 34.7 Å². The molecule has 0 spiro atoms. The molecule has 2 radical (unpaired) electrons. The van der Waals surface area contributed by atoms with Crippen LogP contribution in [0.5, 0.6) is 0 Å². The summed E-state index contributed by atoms with van der Waals surface area (Å²) < 4.78 is 0. The Bertz CT molecular complexity index is 300. The largest absolute Gasteiger partial charge is 0.150 e. The molecule has 0 unspecified atom stereocenters. The van der Waals surface area contributed by atoms with E-state index in [-0.39, 0.29) is 28.9 Å². The Morgan fingerprint density at radius 1 is 0.824 bits per heavy atom. The Kier molecular flexibility index (Phi) is 5.71. The van der Waals surface area contributed by atoms with Gasteiger partial charge in [-0.2, -0.15) is 9.81 Å². The van der Waals surface area contributed by atoms with Gasteiger partial charge in [-0.3, -0.25) is 0 Å². The van der Waals surface area contributed by atoms with E-state index in [1.54, 1.807) is 0 Å². The van der Waals surface area contributed by atoms with Gasteiger partial charge < -0.3 is 0 Å². The molecule has 3 aliphatic carbocycles. The van der Waals surface area contributed by atoms with Crippen molar-refractivity contribution < 1.29 is 16.8 Å². The number of nitrogens with zero attached hydrogens (tertiary/aromatic N) is 2. The maximum absolute atomic E-state index is 10.3. The Hall–Kier alpha value is -0.814. The standard InChI is InChI=1S/C7H10N2O2.C5H5.Co/c10-8-6-4-1-2-5(3-4)7(6)9-11;1-2-4-5-3-1;/h4-7H,1-3H2;1-5H;/t4-,5+,6+,7-;;. The molecule has 0 heterocycles. The summed E-state index contributed by atoms with van der Waals surface area (Å²) in [6.45, 7) is 0. The molecule has 0 aliphatic heterocycles. The summed E-state index contributed by atoms with van der Waals surface area (Å²) in [5.41, 5.74) is 0. The van der Waals surface area contributed by atoms with Crippen LogP contribution >= 0.6 is 0 Å². The van der Waals surface area contributed by atoms with Crippen LogP contribution < -0.4 is 0 Å². The Balaban J connectivity index is 0.000000205. The predicted octanol–water partition coefficient (Wildman–Crippen LogP) is 3.00. The van der Waals surface area contributed by atoms with Gasteiger partial charge in [0.05, 0.1) is 0 Å². The summed E-state index contributed by atoms with van der Waals surface area (Å²) in [5.74, 6) is 0.723. The third kappa shape index (κ3) is 3.10. The summed E-state index contributed by atoms with van der Waals surface area (Å²) in [6, 6.07) is -0.600. The fourth-order valence-electron chi connectivity index (χ4n) is 2.85. The van der Waals surface area contributed by atoms with E-state index in [4.69, 9.17) is 0 Å². The van der Waals surface area contributed by atoms with Gasteiger partial charge in [-0.15, -0.1) is 0 Å². The number of hydrogen-bond donors (Lipinski definition) is 0. The number of hydrogen-bond acceptors (Lipinski definition) is 4. The summed E-state index contributed by atoms with van der Waals surface area (Å²) in [5, 5.41) is 5.96. The minimum absolute atomic E-state index is 0. The van der Waals surface area contributed by atoms with Gasteiger partial charge in [0, 0.05) is 23.2 Å². The zero-order valence-corrected chi connectivity index (χ0v) is 10.4. The molecule has 3 aliphatic rings. The maximum atomic E-state index is 10.3. The van der Waals surface area contributed by atoms with Gasteiger partial charge in [0.2, 0.25) is 0 Å². The van der Waals surface area contributed by atoms with Crippen LogP contribution in [-0.4, -0.2) is 12.1 Å². The molecule has 17 heavy (non-hydrogen) atoms. The average Bonchev–Trinajstić information content (AvgIpc) is 3.04. The molecule has 2 bridgehead atoms. The van der Waals surface area contributed by atoms with Gasteiger partial charge in [0.1, 0.15) is 12.1 Å². The van der Waals surface area contributed by atoms with Gasteiger partial charge in [0.15, 0.2) is 0 Å². The molecule has 94 valence electrons. The molecule has 0 aromatic carbocycles. The van der Waals surface area contributed by atoms with E-state index < -0.39 is 0 Å². The molecule has 0 aromatic heterocycles. The molecule has 4 nitrogen and oxygen atoms in total. The van der Waals surface area contributed by atoms with Crippen LogP contribution in [0.3, 0.4) is 0 Å². The molecular formula is C12H15CoN2O2. The third-order valence-corrected chi connectivity index (χ3v) is 3.63. The van der Waals surface area contributed by atoms with E-state index >= 15 is 0 Å². The van der Waals surface area contributed by atoms with E-state index in [2.05, 4.69) is 10.4 Å². The van der Waals surface area contributed by atoms with Gasteiger partial charge in [-0.25, -0.2) is 0 Å². The second kappa shape index (κ2) is 6.81. The Labute approximate surface area is 111 Å². The fourth-order valence-corrected chi connectivity index (χ4v) is 2.85. The van der Waals surface area contributed by atoms with Crippen molar-refractivity contribution in [3.63, 3.8) is 0 Å². The van der Waals surface area contributed by atoms with Crippen LogP contribution in [-0.2, 0) is 16.8 Å². The van der Waals surface area contributed by atoms with E-state index in [0.29, 0.717) is 11.8 Å². The van der Waals surface area contributed by atoms with Crippen molar-refractivity contribution in [1.82, 2.24) is 0 Å². The molecule has 0 N–H and O–H groups in total. The molecule has 5 heteroatoms. The van der Waals surface area contributed by atoms with Gasteiger partial charge in [0.25, 0.3) is 0 Å². The molecule has 0 saturated heterocycles. The summed E-state index contributed by atoms with van der Waals surface area (Å²) in [6.07, 6.45) is 13.1. The number of allylic oxidation sites excluding steroid dienone is 4.